The van der Waals surface area contributed by atoms with Crippen LogP contribution in [0.25, 0.3) is 22.2 Å². The maximum Gasteiger partial charge on any atom is 0.319 e. The van der Waals surface area contributed by atoms with Crippen LogP contribution in [-0.2, 0) is 18.6 Å². The second-order valence-corrected chi connectivity index (χ2v) is 12.3. The Morgan fingerprint density at radius 3 is 2.67 bits per heavy atom. The summed E-state index contributed by atoms with van der Waals surface area (Å²) in [6.45, 7) is 8.43. The molecule has 13 heteroatoms. The number of amides is 3. The molecule has 0 aliphatic carbocycles. The second kappa shape index (κ2) is 12.0. The number of piperidine rings is 1. The fraction of sp³-hybridized carbons (Fsp3) is 0.467. The first-order valence-electron chi connectivity index (χ1n) is 14.4. The summed E-state index contributed by atoms with van der Waals surface area (Å²) < 4.78 is 5.23. The number of carbonyl (C=O) groups is 2. The molecule has 0 unspecified atom stereocenters. The van der Waals surface area contributed by atoms with E-state index in [9.17, 15) is 14.7 Å². The lowest BCUT2D eigenvalue weighted by Crippen LogP contribution is -2.52. The molecule has 0 bridgehead atoms. The molecule has 0 radical (unpaired) electrons. The van der Waals surface area contributed by atoms with Crippen molar-refractivity contribution < 1.29 is 19.2 Å². The average molecular weight is 590 g/mol. The molecule has 1 saturated heterocycles. The summed E-state index contributed by atoms with van der Waals surface area (Å²) in [5.41, 5.74) is 3.42. The van der Waals surface area contributed by atoms with Gasteiger partial charge in [-0.15, -0.1) is 0 Å². The van der Waals surface area contributed by atoms with Crippen LogP contribution in [0.5, 0.6) is 0 Å². The maximum atomic E-state index is 12.7. The van der Waals surface area contributed by atoms with Crippen molar-refractivity contribution in [3.63, 3.8) is 0 Å². The van der Waals surface area contributed by atoms with Gasteiger partial charge in [0, 0.05) is 50.9 Å². The SMILES string of the molecule is C[C@H]1CC[C@@H](Nc2n[nH]c3nccc(-c4ccc(CNC(=O)c5noc(C(C)(C)C)n5)cc4CO)c23)CN1C(=O)N(C)C. The first kappa shape index (κ1) is 30.0. The van der Waals surface area contributed by atoms with Crippen molar-refractivity contribution >= 4 is 28.8 Å². The van der Waals surface area contributed by atoms with Crippen molar-refractivity contribution in [3.8, 4) is 11.1 Å². The summed E-state index contributed by atoms with van der Waals surface area (Å²) in [4.78, 5) is 37.5. The van der Waals surface area contributed by atoms with E-state index >= 15 is 0 Å². The number of pyridine rings is 1. The van der Waals surface area contributed by atoms with Crippen molar-refractivity contribution in [1.29, 1.82) is 0 Å². The number of likely N-dealkylation sites (tertiary alicyclic amines) is 1. The summed E-state index contributed by atoms with van der Waals surface area (Å²) in [6, 6.07) is 7.74. The van der Waals surface area contributed by atoms with E-state index in [1.807, 2.05) is 49.9 Å². The van der Waals surface area contributed by atoms with Crippen LogP contribution in [0.15, 0.2) is 35.0 Å². The molecule has 4 aromatic rings. The van der Waals surface area contributed by atoms with Crippen LogP contribution in [0.4, 0.5) is 10.6 Å². The molecule has 0 spiro atoms. The highest BCUT2D eigenvalue weighted by Gasteiger charge is 2.31. The number of nitrogens with zero attached hydrogens (tertiary/aromatic N) is 6. The normalized spacial score (nSPS) is 17.2. The van der Waals surface area contributed by atoms with Gasteiger partial charge in [-0.3, -0.25) is 9.89 Å². The molecule has 43 heavy (non-hydrogen) atoms. The molecule has 1 aromatic carbocycles. The Bertz CT molecular complexity index is 1620. The van der Waals surface area contributed by atoms with Gasteiger partial charge in [-0.25, -0.2) is 9.78 Å². The minimum absolute atomic E-state index is 0.0101. The van der Waals surface area contributed by atoms with E-state index in [4.69, 9.17) is 4.52 Å². The number of carbonyl (C=O) groups excluding carboxylic acids is 2. The number of nitrogens with one attached hydrogen (secondary N) is 3. The smallest absolute Gasteiger partial charge is 0.319 e. The van der Waals surface area contributed by atoms with Crippen molar-refractivity contribution in [1.82, 2.24) is 40.4 Å². The largest absolute Gasteiger partial charge is 0.392 e. The third-order valence-electron chi connectivity index (χ3n) is 7.67. The molecule has 1 fully saturated rings. The van der Waals surface area contributed by atoms with Gasteiger partial charge in [-0.1, -0.05) is 44.1 Å². The van der Waals surface area contributed by atoms with E-state index in [0.717, 1.165) is 34.9 Å². The molecule has 4 heterocycles. The lowest BCUT2D eigenvalue weighted by molar-refractivity contribution is 0.0937. The highest BCUT2D eigenvalue weighted by molar-refractivity contribution is 6.01. The van der Waals surface area contributed by atoms with E-state index in [1.165, 1.54) is 0 Å². The maximum absolute atomic E-state index is 12.7. The number of fused-ring (bicyclic) bond motifs is 1. The van der Waals surface area contributed by atoms with Gasteiger partial charge >= 0.3 is 6.03 Å². The number of benzene rings is 1. The number of aromatic amines is 1. The Kier molecular flexibility index (Phi) is 8.36. The summed E-state index contributed by atoms with van der Waals surface area (Å²) in [5.74, 6) is 0.565. The topological polar surface area (TPSA) is 165 Å². The van der Waals surface area contributed by atoms with Crippen LogP contribution in [0.2, 0.25) is 0 Å². The Morgan fingerprint density at radius 1 is 1.19 bits per heavy atom. The fourth-order valence-electron chi connectivity index (χ4n) is 5.25. The number of aromatic nitrogens is 5. The number of aliphatic hydroxyl groups is 1. The monoisotopic (exact) mass is 589 g/mol. The van der Waals surface area contributed by atoms with Gasteiger partial charge in [0.25, 0.3) is 11.7 Å². The fourth-order valence-corrected chi connectivity index (χ4v) is 5.25. The molecule has 4 N–H and O–H groups in total. The van der Waals surface area contributed by atoms with Gasteiger partial charge in [0.2, 0.25) is 5.89 Å². The molecule has 3 amide bonds. The predicted molar refractivity (Wildman–Crippen MR) is 161 cm³/mol. The quantitative estimate of drug-likeness (QED) is 0.252. The van der Waals surface area contributed by atoms with E-state index in [1.54, 1.807) is 25.2 Å². The van der Waals surface area contributed by atoms with Gasteiger partial charge in [0.15, 0.2) is 11.5 Å². The van der Waals surface area contributed by atoms with E-state index in [0.29, 0.717) is 29.5 Å². The van der Waals surface area contributed by atoms with Crippen LogP contribution in [0, 0.1) is 0 Å². The molecule has 3 aromatic heterocycles. The number of H-pyrrole nitrogens is 1. The van der Waals surface area contributed by atoms with Gasteiger partial charge in [0.1, 0.15) is 0 Å². The molecular weight excluding hydrogens is 550 g/mol. The highest BCUT2D eigenvalue weighted by atomic mass is 16.5. The van der Waals surface area contributed by atoms with Crippen LogP contribution in [0.3, 0.4) is 0 Å². The molecule has 13 nitrogen and oxygen atoms in total. The number of rotatable bonds is 7. The van der Waals surface area contributed by atoms with Crippen molar-refractivity contribution in [3.05, 3.63) is 53.3 Å². The Balaban J connectivity index is 1.36. The summed E-state index contributed by atoms with van der Waals surface area (Å²) in [7, 11) is 3.53. The first-order valence-corrected chi connectivity index (χ1v) is 14.4. The van der Waals surface area contributed by atoms with Crippen molar-refractivity contribution in [2.75, 3.05) is 26.0 Å². The zero-order valence-electron chi connectivity index (χ0n) is 25.4. The van der Waals surface area contributed by atoms with E-state index in [2.05, 4.69) is 42.9 Å². The predicted octanol–water partition coefficient (Wildman–Crippen LogP) is 3.67. The number of hydrogen-bond donors (Lipinski definition) is 4. The number of urea groups is 1. The second-order valence-electron chi connectivity index (χ2n) is 12.3. The zero-order valence-corrected chi connectivity index (χ0v) is 25.4. The molecule has 1 aliphatic heterocycles. The van der Waals surface area contributed by atoms with E-state index < -0.39 is 5.91 Å². The first-order chi connectivity index (χ1) is 20.5. The van der Waals surface area contributed by atoms with Crippen LogP contribution < -0.4 is 10.6 Å². The third kappa shape index (κ3) is 6.31. The summed E-state index contributed by atoms with van der Waals surface area (Å²) in [5, 5.41) is 28.8. The molecule has 0 saturated carbocycles. The van der Waals surface area contributed by atoms with Crippen LogP contribution in [-0.4, -0.2) is 84.9 Å². The number of hydrogen-bond acceptors (Lipinski definition) is 9. The Hall–Kier alpha value is -4.52. The van der Waals surface area contributed by atoms with Gasteiger partial charge in [0.05, 0.1) is 12.0 Å². The van der Waals surface area contributed by atoms with E-state index in [-0.39, 0.29) is 42.5 Å². The summed E-state index contributed by atoms with van der Waals surface area (Å²) in [6.07, 6.45) is 3.47. The minimum Gasteiger partial charge on any atom is -0.392 e. The lowest BCUT2D eigenvalue weighted by atomic mass is 9.96. The number of anilines is 1. The Labute approximate surface area is 250 Å². The number of aliphatic hydroxyl groups excluding tert-OH is 1. The molecule has 1 aliphatic rings. The average Bonchev–Trinajstić information content (AvgIpc) is 3.65. The molecule has 5 rings (SSSR count). The van der Waals surface area contributed by atoms with Gasteiger partial charge in [-0.2, -0.15) is 10.1 Å². The zero-order chi connectivity index (χ0) is 30.9. The summed E-state index contributed by atoms with van der Waals surface area (Å²) >= 11 is 0. The molecular formula is C30H39N9O4. The Morgan fingerprint density at radius 2 is 1.98 bits per heavy atom. The molecule has 2 atom stereocenters. The van der Waals surface area contributed by atoms with Gasteiger partial charge in [-0.05, 0) is 48.1 Å². The standard InChI is InChI=1S/C30H39N9O4/c1-17-7-9-20(15-39(17)29(42)38(5)6)33-25-23-22(11-12-31-24(23)35-36-25)21-10-8-18(13-19(21)16-40)14-32-27(41)26-34-28(43-37-26)30(2,3)4/h8,10-13,17,20,40H,7,9,14-16H2,1-6H3,(H,32,41)(H2,31,33,35,36)/t17-,20+/m0/s1. The van der Waals surface area contributed by atoms with Gasteiger partial charge < -0.3 is 30.1 Å². The van der Waals surface area contributed by atoms with Crippen molar-refractivity contribution in [2.24, 2.45) is 0 Å². The third-order valence-corrected chi connectivity index (χ3v) is 7.67. The highest BCUT2D eigenvalue weighted by Crippen LogP contribution is 2.35. The van der Waals surface area contributed by atoms with Crippen LogP contribution >= 0.6 is 0 Å². The lowest BCUT2D eigenvalue weighted by Gasteiger charge is -2.39. The minimum atomic E-state index is -0.443. The molecule has 228 valence electrons. The van der Waals surface area contributed by atoms with Crippen molar-refractivity contribution in [2.45, 2.75) is 71.2 Å². The van der Waals surface area contributed by atoms with Crippen LogP contribution in [0.1, 0.15) is 68.2 Å².